The molecule has 228 valence electrons. The third-order valence-electron chi connectivity index (χ3n) is 7.16. The Balaban J connectivity index is 4.62. The Morgan fingerprint density at radius 2 is 0.763 bits per heavy atom. The number of hydrogen-bond acceptors (Lipinski definition) is 4. The smallest absolute Gasteiger partial charge is 0.321 e. The molecular formula is C34H68O4. The molecule has 4 nitrogen and oxygen atoms in total. The molecule has 0 fully saturated rings. The summed E-state index contributed by atoms with van der Waals surface area (Å²) < 4.78 is 24.4. The van der Waals surface area contributed by atoms with Crippen LogP contribution in [0.25, 0.3) is 0 Å². The molecule has 0 bridgehead atoms. The summed E-state index contributed by atoms with van der Waals surface area (Å²) in [6.07, 6.45) is 30.0. The highest BCUT2D eigenvalue weighted by molar-refractivity contribution is 4.95. The van der Waals surface area contributed by atoms with Crippen LogP contribution < -0.4 is 0 Å². The van der Waals surface area contributed by atoms with E-state index in [4.69, 9.17) is 18.9 Å². The Morgan fingerprint density at radius 1 is 0.368 bits per heavy atom. The van der Waals surface area contributed by atoms with Crippen molar-refractivity contribution in [3.8, 4) is 0 Å². The van der Waals surface area contributed by atoms with Gasteiger partial charge in [0.2, 0.25) is 0 Å². The molecule has 0 aliphatic rings. The largest absolute Gasteiger partial charge is 0.491 e. The molecule has 0 spiro atoms. The summed E-state index contributed by atoms with van der Waals surface area (Å²) >= 11 is 0. The first-order chi connectivity index (χ1) is 18.8. The number of ether oxygens (including phenoxy) is 4. The second kappa shape index (κ2) is 32.3. The molecule has 0 radical (unpaired) electrons. The van der Waals surface area contributed by atoms with E-state index in [9.17, 15) is 0 Å². The molecule has 0 aromatic rings. The Bertz CT molecular complexity index is 477. The van der Waals surface area contributed by atoms with Gasteiger partial charge in [-0.25, -0.2) is 0 Å². The van der Waals surface area contributed by atoms with Crippen molar-refractivity contribution in [1.82, 2.24) is 0 Å². The predicted octanol–water partition coefficient (Wildman–Crippen LogP) is 11.6. The minimum absolute atomic E-state index is 0.250. The third kappa shape index (κ3) is 26.7. The molecule has 0 rings (SSSR count). The van der Waals surface area contributed by atoms with E-state index in [1.165, 1.54) is 122 Å². The van der Waals surface area contributed by atoms with E-state index >= 15 is 0 Å². The molecule has 0 amide bonds. The number of hydrogen-bond donors (Lipinski definition) is 0. The van der Waals surface area contributed by atoms with Crippen molar-refractivity contribution >= 4 is 0 Å². The van der Waals surface area contributed by atoms with E-state index in [-0.39, 0.29) is 6.79 Å². The van der Waals surface area contributed by atoms with Gasteiger partial charge in [0.15, 0.2) is 12.6 Å². The molecule has 4 heteroatoms. The van der Waals surface area contributed by atoms with Crippen LogP contribution in [0.4, 0.5) is 0 Å². The van der Waals surface area contributed by atoms with Gasteiger partial charge in [-0.2, -0.15) is 0 Å². The first kappa shape index (κ1) is 37.1. The minimum atomic E-state index is 0.250. The lowest BCUT2D eigenvalue weighted by atomic mass is 10.1. The highest BCUT2D eigenvalue weighted by Crippen LogP contribution is 2.20. The van der Waals surface area contributed by atoms with E-state index in [0.717, 1.165) is 51.1 Å². The van der Waals surface area contributed by atoms with Crippen molar-refractivity contribution in [3.05, 3.63) is 11.7 Å². The van der Waals surface area contributed by atoms with Gasteiger partial charge in [0.1, 0.15) is 0 Å². The van der Waals surface area contributed by atoms with Gasteiger partial charge in [-0.3, -0.25) is 0 Å². The fourth-order valence-electron chi connectivity index (χ4n) is 4.59. The molecule has 0 aliphatic carbocycles. The fraction of sp³-hybridized carbons (Fsp3) is 0.941. The molecule has 0 heterocycles. The Morgan fingerprint density at radius 3 is 1.26 bits per heavy atom. The van der Waals surface area contributed by atoms with E-state index in [2.05, 4.69) is 27.7 Å². The molecule has 0 saturated heterocycles. The van der Waals surface area contributed by atoms with Gasteiger partial charge in [0, 0.05) is 6.42 Å². The Kier molecular flexibility index (Phi) is 31.5. The normalized spacial score (nSPS) is 12.0. The van der Waals surface area contributed by atoms with Gasteiger partial charge in [-0.1, -0.05) is 150 Å². The molecule has 0 unspecified atom stereocenters. The maximum absolute atomic E-state index is 6.29. The monoisotopic (exact) mass is 541 g/mol. The highest BCUT2D eigenvalue weighted by Gasteiger charge is 2.13. The lowest BCUT2D eigenvalue weighted by Crippen LogP contribution is -2.10. The van der Waals surface area contributed by atoms with Crippen LogP contribution >= 0.6 is 0 Å². The lowest BCUT2D eigenvalue weighted by Gasteiger charge is -2.18. The maximum atomic E-state index is 6.29. The standard InChI is InChI=1S/C34H68O4/c1-5-9-13-16-19-20-21-25-29-35-32-38-34(37-31-27-23-18-15-11-7-3)33(28-24-12-8-4)36-30-26-22-17-14-10-6-2/h5-32H2,1-4H3. The van der Waals surface area contributed by atoms with Gasteiger partial charge in [0.05, 0.1) is 19.8 Å². The zero-order valence-corrected chi connectivity index (χ0v) is 26.4. The minimum Gasteiger partial charge on any atom is -0.491 e. The second-order valence-corrected chi connectivity index (χ2v) is 11.0. The quantitative estimate of drug-likeness (QED) is 0.0483. The van der Waals surface area contributed by atoms with Gasteiger partial charge < -0.3 is 18.9 Å². The third-order valence-corrected chi connectivity index (χ3v) is 7.16. The van der Waals surface area contributed by atoms with E-state index < -0.39 is 0 Å². The zero-order valence-electron chi connectivity index (χ0n) is 26.4. The average molecular weight is 541 g/mol. The summed E-state index contributed by atoms with van der Waals surface area (Å²) in [7, 11) is 0. The maximum Gasteiger partial charge on any atom is 0.321 e. The van der Waals surface area contributed by atoms with E-state index in [0.29, 0.717) is 12.6 Å². The summed E-state index contributed by atoms with van der Waals surface area (Å²) in [5.41, 5.74) is 0. The van der Waals surface area contributed by atoms with Crippen molar-refractivity contribution in [1.29, 1.82) is 0 Å². The van der Waals surface area contributed by atoms with Crippen LogP contribution in [0, 0.1) is 0 Å². The van der Waals surface area contributed by atoms with Crippen molar-refractivity contribution in [2.75, 3.05) is 26.6 Å². The molecule has 0 saturated carbocycles. The molecular weight excluding hydrogens is 472 g/mol. The van der Waals surface area contributed by atoms with Crippen LogP contribution in [0.2, 0.25) is 0 Å². The van der Waals surface area contributed by atoms with Crippen LogP contribution in [0.5, 0.6) is 0 Å². The van der Waals surface area contributed by atoms with Crippen molar-refractivity contribution in [2.24, 2.45) is 0 Å². The lowest BCUT2D eigenvalue weighted by molar-refractivity contribution is -0.0846. The van der Waals surface area contributed by atoms with Crippen LogP contribution in [0.15, 0.2) is 11.7 Å². The van der Waals surface area contributed by atoms with E-state index in [1.807, 2.05) is 0 Å². The first-order valence-electron chi connectivity index (χ1n) is 17.0. The van der Waals surface area contributed by atoms with Crippen molar-refractivity contribution < 1.29 is 18.9 Å². The molecule has 0 aliphatic heterocycles. The van der Waals surface area contributed by atoms with Crippen LogP contribution in [0.1, 0.15) is 182 Å². The molecule has 0 N–H and O–H groups in total. The second-order valence-electron chi connectivity index (χ2n) is 11.0. The summed E-state index contributed by atoms with van der Waals surface area (Å²) in [5, 5.41) is 0. The summed E-state index contributed by atoms with van der Waals surface area (Å²) in [5.74, 6) is 1.48. The van der Waals surface area contributed by atoms with Gasteiger partial charge in [-0.05, 0) is 25.7 Å². The van der Waals surface area contributed by atoms with Crippen LogP contribution in [-0.4, -0.2) is 26.6 Å². The topological polar surface area (TPSA) is 36.9 Å². The summed E-state index contributed by atoms with van der Waals surface area (Å²) in [4.78, 5) is 0. The van der Waals surface area contributed by atoms with Gasteiger partial charge in [-0.15, -0.1) is 0 Å². The molecule has 38 heavy (non-hydrogen) atoms. The summed E-state index contributed by atoms with van der Waals surface area (Å²) in [6.45, 7) is 11.5. The first-order valence-corrected chi connectivity index (χ1v) is 17.0. The Hall–Kier alpha value is -0.900. The zero-order chi connectivity index (χ0) is 27.8. The van der Waals surface area contributed by atoms with Gasteiger partial charge >= 0.3 is 5.95 Å². The molecule has 0 aromatic carbocycles. The fourth-order valence-corrected chi connectivity index (χ4v) is 4.59. The average Bonchev–Trinajstić information content (AvgIpc) is 2.93. The van der Waals surface area contributed by atoms with Crippen LogP contribution in [0.3, 0.4) is 0 Å². The molecule has 0 aromatic heterocycles. The van der Waals surface area contributed by atoms with Gasteiger partial charge in [0.25, 0.3) is 0 Å². The SMILES string of the molecule is CCCCCCCCCCOCOC(OCCCCCCCC)=C(CCCCC)OCCCCCCCC. The molecule has 0 atom stereocenters. The van der Waals surface area contributed by atoms with Crippen molar-refractivity contribution in [3.63, 3.8) is 0 Å². The number of rotatable bonds is 32. The number of allylic oxidation sites excluding steroid dienone is 1. The summed E-state index contributed by atoms with van der Waals surface area (Å²) in [6, 6.07) is 0. The van der Waals surface area contributed by atoms with E-state index in [1.54, 1.807) is 0 Å². The predicted molar refractivity (Wildman–Crippen MR) is 164 cm³/mol. The van der Waals surface area contributed by atoms with Crippen LogP contribution in [-0.2, 0) is 18.9 Å². The Labute approximate surface area is 239 Å². The number of unbranched alkanes of at least 4 members (excludes halogenated alkanes) is 19. The highest BCUT2D eigenvalue weighted by atomic mass is 16.7. The van der Waals surface area contributed by atoms with Crippen molar-refractivity contribution in [2.45, 2.75) is 182 Å².